The van der Waals surface area contributed by atoms with E-state index in [2.05, 4.69) is 0 Å². The van der Waals surface area contributed by atoms with E-state index in [1.165, 1.54) is 0 Å². The summed E-state index contributed by atoms with van der Waals surface area (Å²) >= 11 is 0. The first-order valence-corrected chi connectivity index (χ1v) is 6.91. The summed E-state index contributed by atoms with van der Waals surface area (Å²) < 4.78 is 10.5. The largest absolute Gasteiger partial charge is 0.490 e. The molecular formula is C18H18O3. The van der Waals surface area contributed by atoms with E-state index in [1.807, 2.05) is 54.6 Å². The van der Waals surface area contributed by atoms with Crippen LogP contribution in [0.5, 0.6) is 5.75 Å². The van der Waals surface area contributed by atoms with E-state index in [9.17, 15) is 4.79 Å². The summed E-state index contributed by atoms with van der Waals surface area (Å²) in [4.78, 5) is 11.5. The van der Waals surface area contributed by atoms with Gasteiger partial charge in [-0.05, 0) is 42.8 Å². The maximum Gasteiger partial charge on any atom is 0.338 e. The van der Waals surface area contributed by atoms with Gasteiger partial charge in [-0.15, -0.1) is 0 Å². The number of carbonyl (C=O) groups is 1. The summed E-state index contributed by atoms with van der Waals surface area (Å²) in [5.74, 6) is 0.556. The third-order valence-electron chi connectivity index (χ3n) is 2.82. The van der Waals surface area contributed by atoms with Crippen LogP contribution in [0.4, 0.5) is 0 Å². The number of hydrogen-bond donors (Lipinski definition) is 0. The summed E-state index contributed by atoms with van der Waals surface area (Å²) in [5, 5.41) is 0. The summed E-state index contributed by atoms with van der Waals surface area (Å²) in [6.45, 7) is 2.68. The maximum atomic E-state index is 11.5. The van der Waals surface area contributed by atoms with Gasteiger partial charge in [-0.2, -0.15) is 0 Å². The number of ether oxygens (including phenoxy) is 2. The molecule has 0 saturated heterocycles. The quantitative estimate of drug-likeness (QED) is 0.752. The van der Waals surface area contributed by atoms with Gasteiger partial charge in [0.25, 0.3) is 0 Å². The van der Waals surface area contributed by atoms with Crippen molar-refractivity contribution in [3.05, 3.63) is 71.8 Å². The molecule has 21 heavy (non-hydrogen) atoms. The third-order valence-corrected chi connectivity index (χ3v) is 2.82. The van der Waals surface area contributed by atoms with Gasteiger partial charge in [-0.1, -0.05) is 36.4 Å². The number of esters is 1. The standard InChI is InChI=1S/C18H18O3/c1-2-20-18(19)16-12-10-15(11-13-16)7-6-14-21-17-8-4-3-5-9-17/h3-13H,2,14H2,1H3/b7-6+. The van der Waals surface area contributed by atoms with Gasteiger partial charge in [-0.25, -0.2) is 4.79 Å². The first-order chi connectivity index (χ1) is 10.3. The zero-order valence-electron chi connectivity index (χ0n) is 12.0. The topological polar surface area (TPSA) is 35.5 Å². The fourth-order valence-corrected chi connectivity index (χ4v) is 1.79. The first-order valence-electron chi connectivity index (χ1n) is 6.91. The molecule has 2 aromatic rings. The Kier molecular flexibility index (Phi) is 5.59. The molecule has 108 valence electrons. The molecule has 0 unspecified atom stereocenters. The lowest BCUT2D eigenvalue weighted by atomic mass is 10.1. The number of carbonyl (C=O) groups excluding carboxylic acids is 1. The normalized spacial score (nSPS) is 10.5. The highest BCUT2D eigenvalue weighted by Gasteiger charge is 2.04. The van der Waals surface area contributed by atoms with Crippen LogP contribution in [0.1, 0.15) is 22.8 Å². The zero-order chi connectivity index (χ0) is 14.9. The predicted molar refractivity (Wildman–Crippen MR) is 83.4 cm³/mol. The second kappa shape index (κ2) is 7.90. The molecule has 0 spiro atoms. The van der Waals surface area contributed by atoms with Crippen LogP contribution in [0.15, 0.2) is 60.7 Å². The Bertz CT molecular complexity index is 586. The summed E-state index contributed by atoms with van der Waals surface area (Å²) in [7, 11) is 0. The van der Waals surface area contributed by atoms with Gasteiger partial charge >= 0.3 is 5.97 Å². The van der Waals surface area contributed by atoms with Crippen LogP contribution in [-0.4, -0.2) is 19.2 Å². The molecule has 2 rings (SSSR count). The van der Waals surface area contributed by atoms with Crippen LogP contribution in [-0.2, 0) is 4.74 Å². The lowest BCUT2D eigenvalue weighted by Crippen LogP contribution is -2.03. The monoisotopic (exact) mass is 282 g/mol. The van der Waals surface area contributed by atoms with Crippen molar-refractivity contribution in [1.82, 2.24) is 0 Å². The van der Waals surface area contributed by atoms with Crippen LogP contribution < -0.4 is 4.74 Å². The summed E-state index contributed by atoms with van der Waals surface area (Å²) in [5.41, 5.74) is 1.58. The van der Waals surface area contributed by atoms with Gasteiger partial charge in [0.2, 0.25) is 0 Å². The fraction of sp³-hybridized carbons (Fsp3) is 0.167. The molecule has 0 aromatic heterocycles. The lowest BCUT2D eigenvalue weighted by Gasteiger charge is -2.02. The van der Waals surface area contributed by atoms with Crippen molar-refractivity contribution in [3.63, 3.8) is 0 Å². The van der Waals surface area contributed by atoms with Gasteiger partial charge < -0.3 is 9.47 Å². The molecule has 0 aliphatic carbocycles. The molecule has 0 aliphatic rings. The minimum absolute atomic E-state index is 0.291. The molecule has 0 atom stereocenters. The Morgan fingerprint density at radius 2 is 1.76 bits per heavy atom. The Balaban J connectivity index is 1.85. The molecule has 0 bridgehead atoms. The number of hydrogen-bond acceptors (Lipinski definition) is 3. The molecule has 0 N–H and O–H groups in total. The molecule has 0 aliphatic heterocycles. The van der Waals surface area contributed by atoms with Crippen LogP contribution in [0.2, 0.25) is 0 Å². The highest BCUT2D eigenvalue weighted by molar-refractivity contribution is 5.89. The van der Waals surface area contributed by atoms with Crippen molar-refractivity contribution in [3.8, 4) is 5.75 Å². The van der Waals surface area contributed by atoms with Crippen LogP contribution in [0.3, 0.4) is 0 Å². The Morgan fingerprint density at radius 3 is 2.43 bits per heavy atom. The van der Waals surface area contributed by atoms with E-state index in [0.29, 0.717) is 18.8 Å². The van der Waals surface area contributed by atoms with Crippen LogP contribution in [0.25, 0.3) is 6.08 Å². The molecule has 0 radical (unpaired) electrons. The zero-order valence-corrected chi connectivity index (χ0v) is 12.0. The Hall–Kier alpha value is -2.55. The Morgan fingerprint density at radius 1 is 1.05 bits per heavy atom. The van der Waals surface area contributed by atoms with Gasteiger partial charge in [0.05, 0.1) is 12.2 Å². The van der Waals surface area contributed by atoms with Crippen LogP contribution >= 0.6 is 0 Å². The Labute approximate surface area is 124 Å². The number of para-hydroxylation sites is 1. The van der Waals surface area contributed by atoms with Crippen molar-refractivity contribution < 1.29 is 14.3 Å². The predicted octanol–water partition coefficient (Wildman–Crippen LogP) is 3.96. The van der Waals surface area contributed by atoms with Crippen molar-refractivity contribution >= 4 is 12.0 Å². The maximum absolute atomic E-state index is 11.5. The molecule has 3 nitrogen and oxygen atoms in total. The van der Waals surface area contributed by atoms with Crippen molar-refractivity contribution in [2.24, 2.45) is 0 Å². The fourth-order valence-electron chi connectivity index (χ4n) is 1.79. The SMILES string of the molecule is CCOC(=O)c1ccc(/C=C/COc2ccccc2)cc1. The molecule has 0 heterocycles. The van der Waals surface area contributed by atoms with Crippen molar-refractivity contribution in [1.29, 1.82) is 0 Å². The molecule has 2 aromatic carbocycles. The van der Waals surface area contributed by atoms with Crippen molar-refractivity contribution in [2.45, 2.75) is 6.92 Å². The van der Waals surface area contributed by atoms with Gasteiger partial charge in [0, 0.05) is 0 Å². The number of rotatable bonds is 6. The van der Waals surface area contributed by atoms with E-state index in [0.717, 1.165) is 11.3 Å². The first kappa shape index (κ1) is 14.9. The average molecular weight is 282 g/mol. The highest BCUT2D eigenvalue weighted by Crippen LogP contribution is 2.10. The van der Waals surface area contributed by atoms with Gasteiger partial charge in [0.1, 0.15) is 12.4 Å². The van der Waals surface area contributed by atoms with E-state index >= 15 is 0 Å². The van der Waals surface area contributed by atoms with E-state index in [-0.39, 0.29) is 5.97 Å². The van der Waals surface area contributed by atoms with Crippen molar-refractivity contribution in [2.75, 3.05) is 13.2 Å². The second-order valence-electron chi connectivity index (χ2n) is 4.37. The van der Waals surface area contributed by atoms with Gasteiger partial charge in [-0.3, -0.25) is 0 Å². The lowest BCUT2D eigenvalue weighted by molar-refractivity contribution is 0.0526. The number of benzene rings is 2. The highest BCUT2D eigenvalue weighted by atomic mass is 16.5. The van der Waals surface area contributed by atoms with E-state index in [1.54, 1.807) is 19.1 Å². The van der Waals surface area contributed by atoms with Gasteiger partial charge in [0.15, 0.2) is 0 Å². The van der Waals surface area contributed by atoms with E-state index in [4.69, 9.17) is 9.47 Å². The van der Waals surface area contributed by atoms with Crippen LogP contribution in [0, 0.1) is 0 Å². The molecule has 0 fully saturated rings. The average Bonchev–Trinajstić information content (AvgIpc) is 2.53. The minimum Gasteiger partial charge on any atom is -0.490 e. The molecular weight excluding hydrogens is 264 g/mol. The summed E-state index contributed by atoms with van der Waals surface area (Å²) in [6.07, 6.45) is 3.89. The molecule has 0 saturated carbocycles. The summed E-state index contributed by atoms with van der Waals surface area (Å²) in [6, 6.07) is 16.9. The molecule has 0 amide bonds. The second-order valence-corrected chi connectivity index (χ2v) is 4.37. The molecule has 3 heteroatoms. The third kappa shape index (κ3) is 4.80. The minimum atomic E-state index is -0.291. The van der Waals surface area contributed by atoms with E-state index < -0.39 is 0 Å². The smallest absolute Gasteiger partial charge is 0.338 e.